The van der Waals surface area contributed by atoms with E-state index < -0.39 is 17.9 Å². The number of aliphatic hydroxyl groups excluding tert-OH is 1. The summed E-state index contributed by atoms with van der Waals surface area (Å²) >= 11 is 0. The Balaban J connectivity index is 1.83. The van der Waals surface area contributed by atoms with Crippen molar-refractivity contribution in [3.8, 4) is 0 Å². The maximum absolute atomic E-state index is 12.5. The minimum atomic E-state index is -4.80. The lowest BCUT2D eigenvalue weighted by atomic mass is 9.79. The number of aliphatic hydroxyl groups is 2. The van der Waals surface area contributed by atoms with Gasteiger partial charge >= 0.3 is 6.18 Å². The molecule has 6 heteroatoms. The van der Waals surface area contributed by atoms with Crippen LogP contribution in [0.15, 0.2) is 30.3 Å². The largest absolute Gasteiger partial charge is 0.417 e. The fraction of sp³-hybridized carbons (Fsp3) is 0.600. The monoisotopic (exact) mass is 304 g/mol. The maximum atomic E-state index is 12.5. The average molecular weight is 304 g/mol. The normalized spacial score (nSPS) is 28.3. The van der Waals surface area contributed by atoms with Crippen LogP contribution in [0, 0.1) is 0 Å². The smallest absolute Gasteiger partial charge is 0.387 e. The summed E-state index contributed by atoms with van der Waals surface area (Å²) in [5.74, 6) is 0. The van der Waals surface area contributed by atoms with Crippen molar-refractivity contribution in [1.29, 1.82) is 0 Å². The Kier molecular flexibility index (Phi) is 4.91. The SMILES string of the molecule is O[C@@H](C(F)(F)F)C1(O)CCC(OCc2ccccc2)CC1. The molecule has 0 saturated heterocycles. The number of rotatable bonds is 4. The first-order valence-electron chi connectivity index (χ1n) is 6.94. The summed E-state index contributed by atoms with van der Waals surface area (Å²) in [5.41, 5.74) is -1.10. The van der Waals surface area contributed by atoms with Crippen LogP contribution >= 0.6 is 0 Å². The molecular weight excluding hydrogens is 285 g/mol. The topological polar surface area (TPSA) is 49.7 Å². The Morgan fingerprint density at radius 1 is 1.19 bits per heavy atom. The van der Waals surface area contributed by atoms with E-state index in [0.717, 1.165) is 5.56 Å². The number of halogens is 3. The van der Waals surface area contributed by atoms with Gasteiger partial charge in [0.25, 0.3) is 0 Å². The third-order valence-corrected chi connectivity index (χ3v) is 3.95. The minimum Gasteiger partial charge on any atom is -0.387 e. The van der Waals surface area contributed by atoms with E-state index in [1.54, 1.807) is 0 Å². The molecule has 1 aliphatic carbocycles. The van der Waals surface area contributed by atoms with Gasteiger partial charge in [-0.3, -0.25) is 0 Å². The third-order valence-electron chi connectivity index (χ3n) is 3.95. The van der Waals surface area contributed by atoms with E-state index in [2.05, 4.69) is 0 Å². The second kappa shape index (κ2) is 6.34. The van der Waals surface area contributed by atoms with E-state index >= 15 is 0 Å². The summed E-state index contributed by atoms with van der Waals surface area (Å²) in [6.45, 7) is 0.395. The van der Waals surface area contributed by atoms with Gasteiger partial charge in [-0.1, -0.05) is 30.3 Å². The Morgan fingerprint density at radius 3 is 2.29 bits per heavy atom. The van der Waals surface area contributed by atoms with Crippen molar-refractivity contribution in [3.63, 3.8) is 0 Å². The molecule has 0 heterocycles. The molecule has 0 bridgehead atoms. The average Bonchev–Trinajstić information content (AvgIpc) is 2.46. The van der Waals surface area contributed by atoms with E-state index in [9.17, 15) is 23.4 Å². The van der Waals surface area contributed by atoms with E-state index in [1.165, 1.54) is 0 Å². The number of alkyl halides is 3. The second-order valence-corrected chi connectivity index (χ2v) is 5.54. The van der Waals surface area contributed by atoms with Gasteiger partial charge in [-0.25, -0.2) is 0 Å². The highest BCUT2D eigenvalue weighted by atomic mass is 19.4. The van der Waals surface area contributed by atoms with Crippen molar-refractivity contribution < 1.29 is 28.1 Å². The summed E-state index contributed by atoms with van der Waals surface area (Å²) in [6, 6.07) is 9.48. The molecule has 0 unspecified atom stereocenters. The van der Waals surface area contributed by atoms with Crippen LogP contribution in [-0.4, -0.2) is 34.2 Å². The van der Waals surface area contributed by atoms with Crippen molar-refractivity contribution in [2.75, 3.05) is 0 Å². The molecule has 0 amide bonds. The fourth-order valence-corrected chi connectivity index (χ4v) is 2.62. The molecule has 0 radical (unpaired) electrons. The van der Waals surface area contributed by atoms with Crippen molar-refractivity contribution in [1.82, 2.24) is 0 Å². The fourth-order valence-electron chi connectivity index (χ4n) is 2.62. The summed E-state index contributed by atoms with van der Waals surface area (Å²) in [6.07, 6.45) is -7.31. The van der Waals surface area contributed by atoms with Crippen molar-refractivity contribution in [2.24, 2.45) is 0 Å². The Labute approximate surface area is 121 Å². The molecule has 0 aromatic heterocycles. The van der Waals surface area contributed by atoms with Crippen molar-refractivity contribution >= 4 is 0 Å². The van der Waals surface area contributed by atoms with E-state index in [4.69, 9.17) is 4.74 Å². The lowest BCUT2D eigenvalue weighted by molar-refractivity contribution is -0.265. The standard InChI is InChI=1S/C15H19F3O3/c16-15(17,18)13(19)14(20)8-6-12(7-9-14)21-10-11-4-2-1-3-5-11/h1-5,12-13,19-20H,6-10H2/t12?,13-,14?/m1/s1. The van der Waals surface area contributed by atoms with Gasteiger partial charge < -0.3 is 14.9 Å². The van der Waals surface area contributed by atoms with Crippen LogP contribution in [0.25, 0.3) is 0 Å². The predicted octanol–water partition coefficient (Wildman–Crippen LogP) is 2.80. The van der Waals surface area contributed by atoms with Crippen LogP contribution in [0.4, 0.5) is 13.2 Å². The zero-order valence-corrected chi connectivity index (χ0v) is 11.5. The number of ether oxygens (including phenoxy) is 1. The van der Waals surface area contributed by atoms with Crippen LogP contribution in [0.2, 0.25) is 0 Å². The highest BCUT2D eigenvalue weighted by Gasteiger charge is 2.53. The van der Waals surface area contributed by atoms with Crippen molar-refractivity contribution in [3.05, 3.63) is 35.9 Å². The minimum absolute atomic E-state index is 0.118. The molecule has 118 valence electrons. The molecule has 0 spiro atoms. The highest BCUT2D eigenvalue weighted by molar-refractivity contribution is 5.13. The molecule has 21 heavy (non-hydrogen) atoms. The van der Waals surface area contributed by atoms with Gasteiger partial charge in [0.05, 0.1) is 18.3 Å². The summed E-state index contributed by atoms with van der Waals surface area (Å²) in [4.78, 5) is 0. The van der Waals surface area contributed by atoms with E-state index in [-0.39, 0.29) is 18.9 Å². The molecule has 1 saturated carbocycles. The lowest BCUT2D eigenvalue weighted by Gasteiger charge is -2.39. The first-order valence-corrected chi connectivity index (χ1v) is 6.94. The van der Waals surface area contributed by atoms with Gasteiger partial charge in [-0.05, 0) is 31.2 Å². The summed E-state index contributed by atoms with van der Waals surface area (Å²) in [5, 5.41) is 19.2. The first-order chi connectivity index (χ1) is 9.81. The van der Waals surface area contributed by atoms with E-state index in [1.807, 2.05) is 30.3 Å². The van der Waals surface area contributed by atoms with Gasteiger partial charge in [0.2, 0.25) is 0 Å². The summed E-state index contributed by atoms with van der Waals surface area (Å²) in [7, 11) is 0. The second-order valence-electron chi connectivity index (χ2n) is 5.54. The summed E-state index contributed by atoms with van der Waals surface area (Å²) < 4.78 is 43.2. The number of benzene rings is 1. The lowest BCUT2D eigenvalue weighted by Crippen LogP contribution is -2.53. The van der Waals surface area contributed by atoms with Gasteiger partial charge in [-0.2, -0.15) is 13.2 Å². The molecule has 1 fully saturated rings. The molecular formula is C15H19F3O3. The Bertz CT molecular complexity index is 439. The molecule has 1 aromatic carbocycles. The third kappa shape index (κ3) is 4.18. The van der Waals surface area contributed by atoms with Crippen LogP contribution < -0.4 is 0 Å². The molecule has 1 aliphatic rings. The Morgan fingerprint density at radius 2 is 1.76 bits per heavy atom. The van der Waals surface area contributed by atoms with Crippen LogP contribution in [0.5, 0.6) is 0 Å². The number of hydrogen-bond acceptors (Lipinski definition) is 3. The Hall–Kier alpha value is -1.11. The molecule has 1 aromatic rings. The van der Waals surface area contributed by atoms with Gasteiger partial charge in [0.1, 0.15) is 0 Å². The highest BCUT2D eigenvalue weighted by Crippen LogP contribution is 2.38. The molecule has 2 rings (SSSR count). The van der Waals surface area contributed by atoms with Gasteiger partial charge in [-0.15, -0.1) is 0 Å². The predicted molar refractivity (Wildman–Crippen MR) is 70.5 cm³/mol. The molecule has 2 N–H and O–H groups in total. The first kappa shape index (κ1) is 16.3. The van der Waals surface area contributed by atoms with Gasteiger partial charge in [0, 0.05) is 0 Å². The number of hydrogen-bond donors (Lipinski definition) is 2. The molecule has 1 atom stereocenters. The van der Waals surface area contributed by atoms with Gasteiger partial charge in [0.15, 0.2) is 6.10 Å². The van der Waals surface area contributed by atoms with Crippen LogP contribution in [0.3, 0.4) is 0 Å². The van der Waals surface area contributed by atoms with Crippen LogP contribution in [0.1, 0.15) is 31.2 Å². The maximum Gasteiger partial charge on any atom is 0.417 e. The van der Waals surface area contributed by atoms with Crippen LogP contribution in [-0.2, 0) is 11.3 Å². The van der Waals surface area contributed by atoms with Crippen molar-refractivity contribution in [2.45, 2.75) is 56.3 Å². The molecule has 0 aliphatic heterocycles. The quantitative estimate of drug-likeness (QED) is 0.899. The zero-order chi connectivity index (χ0) is 15.5. The van der Waals surface area contributed by atoms with E-state index in [0.29, 0.717) is 19.4 Å². The zero-order valence-electron chi connectivity index (χ0n) is 11.5. The molecule has 3 nitrogen and oxygen atoms in total.